The monoisotopic (exact) mass is 287 g/mol. The lowest BCUT2D eigenvalue weighted by Gasteiger charge is -2.24. The van der Waals surface area contributed by atoms with E-state index in [0.29, 0.717) is 11.5 Å². The van der Waals surface area contributed by atoms with E-state index in [-0.39, 0.29) is 5.69 Å². The average molecular weight is 287 g/mol. The normalized spacial score (nSPS) is 19.1. The zero-order valence-electron chi connectivity index (χ0n) is 12.6. The summed E-state index contributed by atoms with van der Waals surface area (Å²) in [5.41, 5.74) is 1.20. The maximum absolute atomic E-state index is 10.8. The first-order valence-electron chi connectivity index (χ1n) is 7.46. The molecule has 5 nitrogen and oxygen atoms in total. The van der Waals surface area contributed by atoms with E-state index < -0.39 is 4.92 Å². The molecule has 1 aliphatic heterocycles. The highest BCUT2D eigenvalue weighted by atomic mass is 16.6. The number of nitrogens with zero attached hydrogens (tertiary/aromatic N) is 3. The fourth-order valence-corrected chi connectivity index (χ4v) is 3.03. The van der Waals surface area contributed by atoms with Gasteiger partial charge in [0.25, 0.3) is 5.69 Å². The summed E-state index contributed by atoms with van der Waals surface area (Å²) in [5.74, 6) is 1.40. The van der Waals surface area contributed by atoms with Gasteiger partial charge in [0.05, 0.1) is 16.2 Å². The predicted molar refractivity (Wildman–Crippen MR) is 82.2 cm³/mol. The van der Waals surface area contributed by atoms with E-state index in [1.165, 1.54) is 18.6 Å². The maximum Gasteiger partial charge on any atom is 0.270 e. The van der Waals surface area contributed by atoms with Crippen molar-refractivity contribution in [3.8, 4) is 6.07 Å². The van der Waals surface area contributed by atoms with Crippen LogP contribution in [0.25, 0.3) is 0 Å². The van der Waals surface area contributed by atoms with Gasteiger partial charge >= 0.3 is 0 Å². The second kappa shape index (κ2) is 6.57. The fraction of sp³-hybridized carbons (Fsp3) is 0.562. The molecule has 112 valence electrons. The number of nitriles is 1. The van der Waals surface area contributed by atoms with E-state index in [9.17, 15) is 15.4 Å². The van der Waals surface area contributed by atoms with E-state index in [1.807, 2.05) is 0 Å². The van der Waals surface area contributed by atoms with Crippen LogP contribution in [-0.4, -0.2) is 18.0 Å². The Hall–Kier alpha value is -2.09. The van der Waals surface area contributed by atoms with Gasteiger partial charge in [-0.2, -0.15) is 5.26 Å². The molecule has 0 saturated carbocycles. The Morgan fingerprint density at radius 1 is 1.38 bits per heavy atom. The summed E-state index contributed by atoms with van der Waals surface area (Å²) in [6, 6.07) is 6.67. The molecule has 2 rings (SSSR count). The molecule has 0 aliphatic carbocycles. The summed E-state index contributed by atoms with van der Waals surface area (Å²) in [6.07, 6.45) is 3.42. The van der Waals surface area contributed by atoms with Gasteiger partial charge in [-0.25, -0.2) is 0 Å². The van der Waals surface area contributed by atoms with E-state index >= 15 is 0 Å². The van der Waals surface area contributed by atoms with Crippen LogP contribution in [0.15, 0.2) is 18.2 Å². The second-order valence-corrected chi connectivity index (χ2v) is 5.99. The molecule has 1 unspecified atom stereocenters. The van der Waals surface area contributed by atoms with Crippen LogP contribution in [0.2, 0.25) is 0 Å². The molecular formula is C16H21N3O2. The van der Waals surface area contributed by atoms with Crippen molar-refractivity contribution >= 4 is 11.4 Å². The summed E-state index contributed by atoms with van der Waals surface area (Å²) in [5, 5.41) is 20.1. The van der Waals surface area contributed by atoms with Crippen molar-refractivity contribution in [2.24, 2.45) is 11.8 Å². The lowest BCUT2D eigenvalue weighted by molar-refractivity contribution is -0.384. The molecule has 1 aromatic carbocycles. The maximum atomic E-state index is 10.8. The van der Waals surface area contributed by atoms with E-state index in [4.69, 9.17) is 0 Å². The zero-order chi connectivity index (χ0) is 15.4. The highest BCUT2D eigenvalue weighted by molar-refractivity contribution is 5.63. The highest BCUT2D eigenvalue weighted by Crippen LogP contribution is 2.30. The van der Waals surface area contributed by atoms with Gasteiger partial charge < -0.3 is 4.90 Å². The van der Waals surface area contributed by atoms with Gasteiger partial charge in [0.2, 0.25) is 0 Å². The first-order chi connectivity index (χ1) is 10.0. The number of anilines is 1. The summed E-state index contributed by atoms with van der Waals surface area (Å²) in [4.78, 5) is 12.6. The number of hydrogen-bond donors (Lipinski definition) is 0. The molecule has 0 radical (unpaired) electrons. The molecule has 0 spiro atoms. The minimum Gasteiger partial charge on any atom is -0.370 e. The summed E-state index contributed by atoms with van der Waals surface area (Å²) < 4.78 is 0. The number of rotatable bonds is 3. The Balaban J connectivity index is 2.22. The van der Waals surface area contributed by atoms with Gasteiger partial charge in [-0.05, 0) is 37.2 Å². The molecule has 1 aliphatic rings. The SMILES string of the molecule is CC(C)C1CCCN(c2ccc([N+](=O)[O-])cc2C#N)CC1. The van der Waals surface area contributed by atoms with Crippen molar-refractivity contribution in [1.82, 2.24) is 0 Å². The van der Waals surface area contributed by atoms with Crippen LogP contribution in [0.4, 0.5) is 11.4 Å². The van der Waals surface area contributed by atoms with Gasteiger partial charge in [-0.3, -0.25) is 10.1 Å². The van der Waals surface area contributed by atoms with Crippen molar-refractivity contribution in [3.05, 3.63) is 33.9 Å². The Bertz CT molecular complexity index is 563. The number of nitro benzene ring substituents is 1. The third kappa shape index (κ3) is 3.52. The van der Waals surface area contributed by atoms with Crippen molar-refractivity contribution in [1.29, 1.82) is 5.26 Å². The number of non-ortho nitro benzene ring substituents is 1. The van der Waals surface area contributed by atoms with E-state index in [2.05, 4.69) is 24.8 Å². The van der Waals surface area contributed by atoms with Crippen LogP contribution in [0.3, 0.4) is 0 Å². The zero-order valence-corrected chi connectivity index (χ0v) is 12.6. The molecular weight excluding hydrogens is 266 g/mol. The molecule has 1 fully saturated rings. The predicted octanol–water partition coefficient (Wildman–Crippen LogP) is 3.73. The molecule has 1 aromatic rings. The molecule has 1 heterocycles. The quantitative estimate of drug-likeness (QED) is 0.627. The van der Waals surface area contributed by atoms with Crippen molar-refractivity contribution in [3.63, 3.8) is 0 Å². The Morgan fingerprint density at radius 2 is 2.14 bits per heavy atom. The van der Waals surface area contributed by atoms with Crippen LogP contribution in [-0.2, 0) is 0 Å². The smallest absolute Gasteiger partial charge is 0.270 e. The standard InChI is InChI=1S/C16H21N3O2/c1-12(2)13-4-3-8-18(9-7-13)16-6-5-15(19(20)21)10-14(16)11-17/h5-6,10,12-13H,3-4,7-9H2,1-2H3. The second-order valence-electron chi connectivity index (χ2n) is 5.99. The van der Waals surface area contributed by atoms with Crippen molar-refractivity contribution < 1.29 is 4.92 Å². The van der Waals surface area contributed by atoms with Crippen LogP contribution in [0.5, 0.6) is 0 Å². The third-order valence-corrected chi connectivity index (χ3v) is 4.37. The van der Waals surface area contributed by atoms with E-state index in [1.54, 1.807) is 6.07 Å². The summed E-state index contributed by atoms with van der Waals surface area (Å²) in [7, 11) is 0. The largest absolute Gasteiger partial charge is 0.370 e. The Kier molecular flexibility index (Phi) is 4.79. The van der Waals surface area contributed by atoms with Crippen LogP contribution in [0.1, 0.15) is 38.7 Å². The van der Waals surface area contributed by atoms with Gasteiger partial charge in [0.1, 0.15) is 6.07 Å². The molecule has 1 saturated heterocycles. The molecule has 0 N–H and O–H groups in total. The molecule has 1 atom stereocenters. The van der Waals surface area contributed by atoms with Gasteiger partial charge in [0.15, 0.2) is 0 Å². The topological polar surface area (TPSA) is 70.2 Å². The van der Waals surface area contributed by atoms with Gasteiger partial charge in [-0.1, -0.05) is 13.8 Å². The lowest BCUT2D eigenvalue weighted by atomic mass is 9.89. The fourth-order valence-electron chi connectivity index (χ4n) is 3.03. The Morgan fingerprint density at radius 3 is 2.76 bits per heavy atom. The van der Waals surface area contributed by atoms with E-state index in [0.717, 1.165) is 37.5 Å². The molecule has 5 heteroatoms. The van der Waals surface area contributed by atoms with Gasteiger partial charge in [-0.15, -0.1) is 0 Å². The van der Waals surface area contributed by atoms with Crippen LogP contribution >= 0.6 is 0 Å². The lowest BCUT2D eigenvalue weighted by Crippen LogP contribution is -2.25. The molecule has 0 bridgehead atoms. The number of hydrogen-bond acceptors (Lipinski definition) is 4. The summed E-state index contributed by atoms with van der Waals surface area (Å²) in [6.45, 7) is 6.34. The number of nitro groups is 1. The first-order valence-corrected chi connectivity index (χ1v) is 7.46. The molecule has 21 heavy (non-hydrogen) atoms. The van der Waals surface area contributed by atoms with Crippen LogP contribution < -0.4 is 4.90 Å². The molecule has 0 amide bonds. The van der Waals surface area contributed by atoms with Crippen molar-refractivity contribution in [2.75, 3.05) is 18.0 Å². The van der Waals surface area contributed by atoms with Crippen LogP contribution in [0, 0.1) is 33.3 Å². The summed E-state index contributed by atoms with van der Waals surface area (Å²) >= 11 is 0. The minimum absolute atomic E-state index is 0.0230. The highest BCUT2D eigenvalue weighted by Gasteiger charge is 2.22. The Labute approximate surface area is 125 Å². The van der Waals surface area contributed by atoms with Gasteiger partial charge in [0, 0.05) is 25.2 Å². The van der Waals surface area contributed by atoms with Crippen molar-refractivity contribution in [2.45, 2.75) is 33.1 Å². The first kappa shape index (κ1) is 15.3. The number of benzene rings is 1. The third-order valence-electron chi connectivity index (χ3n) is 4.37. The molecule has 0 aromatic heterocycles. The average Bonchev–Trinajstić information content (AvgIpc) is 2.72. The minimum atomic E-state index is -0.457.